The van der Waals surface area contributed by atoms with Gasteiger partial charge in [0.15, 0.2) is 5.78 Å². The Labute approximate surface area is 193 Å². The van der Waals surface area contributed by atoms with Crippen LogP contribution in [0.5, 0.6) is 0 Å². The fourth-order valence-electron chi connectivity index (χ4n) is 5.90. The highest BCUT2D eigenvalue weighted by molar-refractivity contribution is 5.93. The second-order valence-electron chi connectivity index (χ2n) is 9.63. The molecular weight excluding hydrogens is 414 g/mol. The van der Waals surface area contributed by atoms with Crippen molar-refractivity contribution in [1.82, 2.24) is 9.55 Å². The number of hydrogen-bond donors (Lipinski definition) is 2. The van der Waals surface area contributed by atoms with Crippen LogP contribution >= 0.6 is 0 Å². The largest absolute Gasteiger partial charge is 0.377 e. The van der Waals surface area contributed by atoms with Crippen LogP contribution in [0, 0.1) is 13.8 Å². The molecule has 5 rings (SSSR count). The zero-order valence-electron chi connectivity index (χ0n) is 20.0. The maximum Gasteiger partial charge on any atom is 0.254 e. The van der Waals surface area contributed by atoms with E-state index in [2.05, 4.69) is 19.9 Å². The third-order valence-electron chi connectivity index (χ3n) is 8.00. The highest BCUT2D eigenvalue weighted by atomic mass is 16.3. The topological polar surface area (TPSA) is 98.2 Å². The zero-order chi connectivity index (χ0) is 23.8. The number of aliphatic hydroxyl groups is 1. The van der Waals surface area contributed by atoms with Gasteiger partial charge in [0.1, 0.15) is 5.60 Å². The summed E-state index contributed by atoms with van der Waals surface area (Å²) in [4.78, 5) is 31.1. The lowest BCUT2D eigenvalue weighted by atomic mass is 9.81. The third kappa shape index (κ3) is 2.83. The van der Waals surface area contributed by atoms with Gasteiger partial charge in [-0.25, -0.2) is 4.98 Å². The van der Waals surface area contributed by atoms with Gasteiger partial charge in [-0.05, 0) is 80.8 Å². The van der Waals surface area contributed by atoms with Crippen LogP contribution in [0.2, 0.25) is 0 Å². The van der Waals surface area contributed by atoms with E-state index in [1.807, 2.05) is 13.0 Å². The molecule has 6 heteroatoms. The first kappa shape index (κ1) is 22.0. The van der Waals surface area contributed by atoms with Gasteiger partial charge in [0.05, 0.1) is 23.4 Å². The number of rotatable bonds is 4. The van der Waals surface area contributed by atoms with Gasteiger partial charge in [-0.1, -0.05) is 13.8 Å². The van der Waals surface area contributed by atoms with Gasteiger partial charge in [-0.2, -0.15) is 0 Å². The Morgan fingerprint density at radius 2 is 2.00 bits per heavy atom. The van der Waals surface area contributed by atoms with E-state index in [0.29, 0.717) is 29.8 Å². The molecule has 0 bridgehead atoms. The zero-order valence-corrected chi connectivity index (χ0v) is 20.0. The first-order valence-corrected chi connectivity index (χ1v) is 11.9. The van der Waals surface area contributed by atoms with E-state index in [4.69, 9.17) is 10.7 Å². The summed E-state index contributed by atoms with van der Waals surface area (Å²) in [6.07, 6.45) is 2.43. The number of aromatic nitrogens is 2. The number of nitrogens with zero attached hydrogens (tertiary/aromatic N) is 2. The Hall–Kier alpha value is -2.83. The molecule has 2 atom stereocenters. The predicted molar refractivity (Wildman–Crippen MR) is 130 cm³/mol. The molecule has 3 aromatic rings. The van der Waals surface area contributed by atoms with Gasteiger partial charge in [0.25, 0.3) is 5.56 Å². The van der Waals surface area contributed by atoms with Crippen molar-refractivity contribution in [2.45, 2.75) is 78.5 Å². The molecule has 2 aliphatic rings. The van der Waals surface area contributed by atoms with Gasteiger partial charge in [-0.3, -0.25) is 9.59 Å². The molecule has 0 amide bonds. The van der Waals surface area contributed by atoms with E-state index in [-0.39, 0.29) is 23.8 Å². The molecule has 0 saturated heterocycles. The molecule has 2 aromatic heterocycles. The molecular formula is C27H31N3O3. The number of ketones is 1. The Morgan fingerprint density at radius 3 is 2.64 bits per heavy atom. The normalized spacial score (nSPS) is 18.2. The minimum Gasteiger partial charge on any atom is -0.377 e. The summed E-state index contributed by atoms with van der Waals surface area (Å²) < 4.78 is 1.74. The van der Waals surface area contributed by atoms with Crippen LogP contribution in [-0.4, -0.2) is 20.4 Å². The van der Waals surface area contributed by atoms with Crippen molar-refractivity contribution in [2.24, 2.45) is 5.73 Å². The molecule has 1 aromatic carbocycles. The van der Waals surface area contributed by atoms with Crippen LogP contribution in [0.4, 0.5) is 0 Å². The van der Waals surface area contributed by atoms with Crippen molar-refractivity contribution in [3.63, 3.8) is 0 Å². The molecule has 172 valence electrons. The van der Waals surface area contributed by atoms with Gasteiger partial charge in [0, 0.05) is 28.1 Å². The van der Waals surface area contributed by atoms with Crippen molar-refractivity contribution in [1.29, 1.82) is 0 Å². The van der Waals surface area contributed by atoms with E-state index in [1.54, 1.807) is 11.5 Å². The number of Topliss-reactive ketones (excluding diaryl/α,β-unsaturated/α-hetero) is 1. The summed E-state index contributed by atoms with van der Waals surface area (Å²) in [6.45, 7) is 9.71. The van der Waals surface area contributed by atoms with Gasteiger partial charge >= 0.3 is 0 Å². The molecule has 1 aliphatic carbocycles. The van der Waals surface area contributed by atoms with E-state index < -0.39 is 5.60 Å². The number of hydrogen-bond acceptors (Lipinski definition) is 5. The number of carbonyl (C=O) groups is 1. The highest BCUT2D eigenvalue weighted by Crippen LogP contribution is 2.44. The lowest BCUT2D eigenvalue weighted by Gasteiger charge is -2.27. The number of benzene rings is 1. The van der Waals surface area contributed by atoms with Crippen LogP contribution in [0.25, 0.3) is 22.3 Å². The van der Waals surface area contributed by atoms with Crippen LogP contribution < -0.4 is 11.3 Å². The second-order valence-corrected chi connectivity index (χ2v) is 9.63. The number of fused-ring (bicyclic) bond motifs is 4. The maximum absolute atomic E-state index is 13.6. The lowest BCUT2D eigenvalue weighted by Crippen LogP contribution is -2.37. The molecule has 33 heavy (non-hydrogen) atoms. The number of aryl methyl sites for hydroxylation is 2. The first-order chi connectivity index (χ1) is 15.6. The molecule has 3 heterocycles. The summed E-state index contributed by atoms with van der Waals surface area (Å²) in [5.74, 6) is -0.360. The average Bonchev–Trinajstić information content (AvgIpc) is 3.16. The summed E-state index contributed by atoms with van der Waals surface area (Å²) in [5, 5.41) is 12.4. The second kappa shape index (κ2) is 7.34. The average molecular weight is 446 g/mol. The van der Waals surface area contributed by atoms with Gasteiger partial charge in [0.2, 0.25) is 0 Å². The van der Waals surface area contributed by atoms with E-state index in [1.165, 1.54) is 23.6 Å². The standard InChI is InChI=1S/C27H31N3O3/c1-6-16-19(27(33,7-2)15(5)31)11-22-25-18(12-30(22)26(16)32)23-20(28)9-8-17-14(4)13(3)10-21(29-25)24(17)23/h10-11,20,33H,6-9,12,28H2,1-5H3. The quantitative estimate of drug-likeness (QED) is 0.499. The fourth-order valence-corrected chi connectivity index (χ4v) is 5.90. The molecule has 2 unspecified atom stereocenters. The van der Waals surface area contributed by atoms with Crippen molar-refractivity contribution < 1.29 is 9.90 Å². The van der Waals surface area contributed by atoms with Crippen LogP contribution in [-0.2, 0) is 29.8 Å². The van der Waals surface area contributed by atoms with E-state index in [0.717, 1.165) is 40.6 Å². The van der Waals surface area contributed by atoms with E-state index >= 15 is 0 Å². The Morgan fingerprint density at radius 1 is 1.27 bits per heavy atom. The minimum atomic E-state index is -1.69. The minimum absolute atomic E-state index is 0.112. The number of nitrogens with two attached hydrogens (primary N) is 1. The van der Waals surface area contributed by atoms with Gasteiger partial charge < -0.3 is 15.4 Å². The lowest BCUT2D eigenvalue weighted by molar-refractivity contribution is -0.136. The summed E-state index contributed by atoms with van der Waals surface area (Å²) in [5.41, 5.74) is 13.9. The summed E-state index contributed by atoms with van der Waals surface area (Å²) >= 11 is 0. The monoisotopic (exact) mass is 445 g/mol. The Balaban J connectivity index is 1.88. The van der Waals surface area contributed by atoms with Crippen LogP contribution in [0.15, 0.2) is 16.9 Å². The van der Waals surface area contributed by atoms with Crippen molar-refractivity contribution in [3.05, 3.63) is 61.4 Å². The van der Waals surface area contributed by atoms with E-state index in [9.17, 15) is 14.7 Å². The Kier molecular flexibility index (Phi) is 4.89. The molecule has 0 fully saturated rings. The summed E-state index contributed by atoms with van der Waals surface area (Å²) in [6, 6.07) is 3.81. The molecule has 0 radical (unpaired) electrons. The first-order valence-electron chi connectivity index (χ1n) is 11.9. The SMILES string of the molecule is CCc1c(C(O)(CC)C(C)=O)cc2n(c1=O)Cc1c-2nc2cc(C)c(C)c3c2c1C(N)CC3. The number of carbonyl (C=O) groups excluding carboxylic acids is 1. The molecule has 0 saturated carbocycles. The fraction of sp³-hybridized carbons (Fsp3) is 0.444. The highest BCUT2D eigenvalue weighted by Gasteiger charge is 2.39. The van der Waals surface area contributed by atoms with Crippen molar-refractivity contribution in [2.75, 3.05) is 0 Å². The molecule has 6 nitrogen and oxygen atoms in total. The van der Waals surface area contributed by atoms with Crippen LogP contribution in [0.3, 0.4) is 0 Å². The summed E-state index contributed by atoms with van der Waals surface area (Å²) in [7, 11) is 0. The Bertz CT molecular complexity index is 1420. The predicted octanol–water partition coefficient (Wildman–Crippen LogP) is 3.74. The van der Waals surface area contributed by atoms with Gasteiger partial charge in [-0.15, -0.1) is 0 Å². The number of pyridine rings is 2. The molecule has 1 aliphatic heterocycles. The third-order valence-corrected chi connectivity index (χ3v) is 8.00. The molecule has 3 N–H and O–H groups in total. The maximum atomic E-state index is 13.6. The molecule has 0 spiro atoms. The van der Waals surface area contributed by atoms with Crippen molar-refractivity contribution >= 4 is 16.7 Å². The van der Waals surface area contributed by atoms with Crippen molar-refractivity contribution in [3.8, 4) is 11.4 Å². The smallest absolute Gasteiger partial charge is 0.254 e. The van der Waals surface area contributed by atoms with Crippen LogP contribution in [0.1, 0.15) is 78.6 Å².